The van der Waals surface area contributed by atoms with Crippen LogP contribution >= 0.6 is 11.6 Å². The van der Waals surface area contributed by atoms with Crippen LogP contribution in [0.1, 0.15) is 24.8 Å². The molecule has 0 aromatic heterocycles. The van der Waals surface area contributed by atoms with Gasteiger partial charge < -0.3 is 15.1 Å². The second kappa shape index (κ2) is 8.93. The molecule has 0 radical (unpaired) electrons. The minimum absolute atomic E-state index is 0.0614. The van der Waals surface area contributed by atoms with Gasteiger partial charge in [-0.1, -0.05) is 23.7 Å². The molecule has 2 bridgehead atoms. The number of nitrogens with zero attached hydrogens (tertiary/aromatic N) is 3. The molecule has 1 N–H and O–H groups in total. The second-order valence-electron chi connectivity index (χ2n) is 7.83. The monoisotopic (exact) mass is 392 g/mol. The highest BCUT2D eigenvalue weighted by Crippen LogP contribution is 2.28. The lowest BCUT2D eigenvalue weighted by molar-refractivity contribution is -0.121. The molecular formula is C20H29ClN4O2. The average Bonchev–Trinajstić information content (AvgIpc) is 2.97. The third kappa shape index (κ3) is 5.36. The molecule has 148 valence electrons. The molecule has 0 aliphatic carbocycles. The third-order valence-electron chi connectivity index (χ3n) is 5.51. The van der Waals surface area contributed by atoms with Gasteiger partial charge in [0.05, 0.1) is 0 Å². The highest BCUT2D eigenvalue weighted by atomic mass is 35.5. The fourth-order valence-electron chi connectivity index (χ4n) is 4.03. The first-order valence-corrected chi connectivity index (χ1v) is 10.0. The maximum absolute atomic E-state index is 12.3. The van der Waals surface area contributed by atoms with Crippen LogP contribution in [0.4, 0.5) is 4.79 Å². The predicted octanol–water partition coefficient (Wildman–Crippen LogP) is 2.42. The smallest absolute Gasteiger partial charge is 0.319 e. The van der Waals surface area contributed by atoms with E-state index in [-0.39, 0.29) is 11.9 Å². The maximum Gasteiger partial charge on any atom is 0.319 e. The van der Waals surface area contributed by atoms with Crippen molar-refractivity contribution < 1.29 is 9.59 Å². The van der Waals surface area contributed by atoms with Gasteiger partial charge in [0, 0.05) is 64.3 Å². The molecule has 0 spiro atoms. The first-order chi connectivity index (χ1) is 12.9. The molecule has 2 atom stereocenters. The molecule has 1 aromatic carbocycles. The van der Waals surface area contributed by atoms with Crippen LogP contribution in [0.25, 0.3) is 0 Å². The van der Waals surface area contributed by atoms with E-state index in [0.717, 1.165) is 38.2 Å². The third-order valence-corrected chi connectivity index (χ3v) is 5.76. The van der Waals surface area contributed by atoms with E-state index < -0.39 is 0 Å². The highest BCUT2D eigenvalue weighted by Gasteiger charge is 2.36. The molecule has 27 heavy (non-hydrogen) atoms. The van der Waals surface area contributed by atoms with Crippen molar-refractivity contribution in [1.29, 1.82) is 0 Å². The molecular weight excluding hydrogens is 364 g/mol. The molecule has 3 heterocycles. The minimum atomic E-state index is 0.0614. The summed E-state index contributed by atoms with van der Waals surface area (Å²) in [4.78, 5) is 30.6. The molecule has 7 heteroatoms. The Bertz CT molecular complexity index is 664. The number of nitrogens with one attached hydrogen (secondary N) is 1. The number of piperidine rings is 1. The standard InChI is InChI=1S/C20H29ClN4O2/c1-23(2)20(27)25-13-16-5-8-18(14-25)24(12-16)10-9-19(26)22-11-15-3-6-17(21)7-4-15/h3-4,6-7,16,18H,5,8-14H2,1-2H3,(H,22,26)/t16-,18-/m1/s1. The number of fused-ring (bicyclic) bond motifs is 4. The van der Waals surface area contributed by atoms with Crippen LogP contribution in [0.15, 0.2) is 24.3 Å². The Balaban J connectivity index is 1.47. The summed E-state index contributed by atoms with van der Waals surface area (Å²) >= 11 is 5.88. The maximum atomic E-state index is 12.3. The van der Waals surface area contributed by atoms with Crippen molar-refractivity contribution in [2.24, 2.45) is 5.92 Å². The van der Waals surface area contributed by atoms with Crippen LogP contribution in [0, 0.1) is 5.92 Å². The SMILES string of the molecule is CN(C)C(=O)N1C[C@@H]2CC[C@H](C1)N(CCC(=O)NCc1ccc(Cl)cc1)C2. The quantitative estimate of drug-likeness (QED) is 0.837. The van der Waals surface area contributed by atoms with Crippen LogP contribution in [-0.4, -0.2) is 73.0 Å². The van der Waals surface area contributed by atoms with Crippen molar-refractivity contribution >= 4 is 23.5 Å². The Kier molecular flexibility index (Phi) is 6.60. The van der Waals surface area contributed by atoms with Crippen molar-refractivity contribution in [3.63, 3.8) is 0 Å². The summed E-state index contributed by atoms with van der Waals surface area (Å²) in [6.45, 7) is 3.84. The summed E-state index contributed by atoms with van der Waals surface area (Å²) < 4.78 is 0. The van der Waals surface area contributed by atoms with Gasteiger partial charge in [0.25, 0.3) is 0 Å². The summed E-state index contributed by atoms with van der Waals surface area (Å²) in [7, 11) is 3.61. The van der Waals surface area contributed by atoms with Crippen LogP contribution in [-0.2, 0) is 11.3 Å². The molecule has 0 unspecified atom stereocenters. The second-order valence-corrected chi connectivity index (χ2v) is 8.26. The lowest BCUT2D eigenvalue weighted by Crippen LogP contribution is -2.46. The number of carbonyl (C=O) groups excluding carboxylic acids is 2. The molecule has 3 aliphatic rings. The van der Waals surface area contributed by atoms with Gasteiger partial charge in [0.15, 0.2) is 0 Å². The molecule has 3 fully saturated rings. The lowest BCUT2D eigenvalue weighted by atomic mass is 9.95. The van der Waals surface area contributed by atoms with Crippen LogP contribution in [0.3, 0.4) is 0 Å². The number of urea groups is 1. The Morgan fingerprint density at radius 1 is 1.15 bits per heavy atom. The molecule has 1 aromatic rings. The number of hydrogen-bond acceptors (Lipinski definition) is 3. The summed E-state index contributed by atoms with van der Waals surface area (Å²) in [5, 5.41) is 3.68. The normalized spacial score (nSPS) is 22.4. The fraction of sp³-hybridized carbons (Fsp3) is 0.600. The molecule has 3 saturated heterocycles. The van der Waals surface area contributed by atoms with E-state index in [1.165, 1.54) is 6.42 Å². The fourth-order valence-corrected chi connectivity index (χ4v) is 4.15. The average molecular weight is 393 g/mol. The van der Waals surface area contributed by atoms with E-state index in [9.17, 15) is 9.59 Å². The summed E-state index contributed by atoms with van der Waals surface area (Å²) in [6, 6.07) is 7.96. The van der Waals surface area contributed by atoms with Crippen molar-refractivity contribution in [1.82, 2.24) is 20.0 Å². The van der Waals surface area contributed by atoms with Gasteiger partial charge in [-0.2, -0.15) is 0 Å². The van der Waals surface area contributed by atoms with Gasteiger partial charge in [-0.3, -0.25) is 9.69 Å². The van der Waals surface area contributed by atoms with Crippen LogP contribution in [0.2, 0.25) is 5.02 Å². The molecule has 6 nitrogen and oxygen atoms in total. The van der Waals surface area contributed by atoms with E-state index in [2.05, 4.69) is 10.2 Å². The zero-order valence-electron chi connectivity index (χ0n) is 16.2. The van der Waals surface area contributed by atoms with Gasteiger partial charge in [-0.15, -0.1) is 0 Å². The predicted molar refractivity (Wildman–Crippen MR) is 107 cm³/mol. The Morgan fingerprint density at radius 3 is 2.59 bits per heavy atom. The van der Waals surface area contributed by atoms with E-state index in [1.54, 1.807) is 19.0 Å². The van der Waals surface area contributed by atoms with E-state index >= 15 is 0 Å². The molecule has 4 rings (SSSR count). The van der Waals surface area contributed by atoms with Crippen molar-refractivity contribution in [3.8, 4) is 0 Å². The zero-order valence-corrected chi connectivity index (χ0v) is 16.9. The van der Waals surface area contributed by atoms with Crippen molar-refractivity contribution in [3.05, 3.63) is 34.9 Å². The van der Waals surface area contributed by atoms with Crippen molar-refractivity contribution in [2.75, 3.05) is 40.3 Å². The van der Waals surface area contributed by atoms with Crippen molar-refractivity contribution in [2.45, 2.75) is 31.8 Å². The lowest BCUT2D eigenvalue weighted by Gasteiger charge is -2.35. The highest BCUT2D eigenvalue weighted by molar-refractivity contribution is 6.30. The zero-order chi connectivity index (χ0) is 19.4. The first-order valence-electron chi connectivity index (χ1n) is 9.64. The summed E-state index contributed by atoms with van der Waals surface area (Å²) in [6.07, 6.45) is 2.76. The summed E-state index contributed by atoms with van der Waals surface area (Å²) in [5.41, 5.74) is 1.04. The van der Waals surface area contributed by atoms with Crippen LogP contribution < -0.4 is 5.32 Å². The number of hydrogen-bond donors (Lipinski definition) is 1. The topological polar surface area (TPSA) is 55.9 Å². The van der Waals surface area contributed by atoms with E-state index in [1.807, 2.05) is 29.2 Å². The van der Waals surface area contributed by atoms with Gasteiger partial charge >= 0.3 is 6.03 Å². The number of halogens is 1. The number of benzene rings is 1. The van der Waals surface area contributed by atoms with E-state index in [4.69, 9.17) is 11.6 Å². The van der Waals surface area contributed by atoms with Gasteiger partial charge in [-0.05, 0) is 36.5 Å². The largest absolute Gasteiger partial charge is 0.352 e. The molecule has 0 saturated carbocycles. The number of carbonyl (C=O) groups is 2. The Morgan fingerprint density at radius 2 is 1.89 bits per heavy atom. The first kappa shape index (κ1) is 20.0. The molecule has 3 aliphatic heterocycles. The summed E-state index contributed by atoms with van der Waals surface area (Å²) in [5.74, 6) is 0.566. The van der Waals surface area contributed by atoms with Gasteiger partial charge in [-0.25, -0.2) is 4.79 Å². The van der Waals surface area contributed by atoms with Gasteiger partial charge in [0.1, 0.15) is 0 Å². The van der Waals surface area contributed by atoms with Gasteiger partial charge in [0.2, 0.25) is 5.91 Å². The minimum Gasteiger partial charge on any atom is -0.352 e. The van der Waals surface area contributed by atoms with Crippen LogP contribution in [0.5, 0.6) is 0 Å². The molecule has 3 amide bonds. The number of rotatable bonds is 5. The van der Waals surface area contributed by atoms with E-state index in [0.29, 0.717) is 29.9 Å². The Hall–Kier alpha value is -1.79. The number of amides is 3. The Labute approximate surface area is 166 Å².